The number of amides is 4. The average molecular weight is 429 g/mol. The predicted octanol–water partition coefficient (Wildman–Crippen LogP) is 2.20. The maximum Gasteiger partial charge on any atom is 0.325 e. The van der Waals surface area contributed by atoms with Gasteiger partial charge in [-0.2, -0.15) is 0 Å². The highest BCUT2D eigenvalue weighted by atomic mass is 16.5. The van der Waals surface area contributed by atoms with Gasteiger partial charge in [0.1, 0.15) is 17.3 Å². The number of nitrogens with one attached hydrogen (secondary N) is 2. The van der Waals surface area contributed by atoms with E-state index in [1.54, 1.807) is 14.0 Å². The molecule has 4 amide bonds. The van der Waals surface area contributed by atoms with E-state index >= 15 is 0 Å². The molecule has 2 atom stereocenters. The Labute approximate surface area is 183 Å². The van der Waals surface area contributed by atoms with Crippen molar-refractivity contribution in [1.29, 1.82) is 0 Å². The van der Waals surface area contributed by atoms with Crippen LogP contribution in [0.3, 0.4) is 0 Å². The summed E-state index contributed by atoms with van der Waals surface area (Å²) in [6.07, 6.45) is 5.40. The van der Waals surface area contributed by atoms with Crippen molar-refractivity contribution in [2.75, 3.05) is 26.7 Å². The summed E-state index contributed by atoms with van der Waals surface area (Å²) in [7, 11) is 1.64. The Morgan fingerprint density at radius 2 is 1.90 bits per heavy atom. The van der Waals surface area contributed by atoms with Gasteiger partial charge in [-0.1, -0.05) is 25.0 Å². The topological polar surface area (TPSA) is 91.0 Å². The van der Waals surface area contributed by atoms with Crippen LogP contribution in [0.2, 0.25) is 0 Å². The lowest BCUT2D eigenvalue weighted by molar-refractivity contribution is -0.137. The lowest BCUT2D eigenvalue weighted by atomic mass is 9.97. The molecule has 2 heterocycles. The monoisotopic (exact) mass is 428 g/mol. The SMILES string of the molecule is COc1cccc(C(CNC(=O)C(C)N2C(=O)NC3(CCCC3)C2=O)N2CCCC2)c1. The minimum Gasteiger partial charge on any atom is -0.497 e. The predicted molar refractivity (Wildman–Crippen MR) is 116 cm³/mol. The number of carbonyl (C=O) groups is 3. The van der Waals surface area contributed by atoms with Crippen LogP contribution in [-0.4, -0.2) is 66.0 Å². The Hall–Kier alpha value is -2.61. The van der Waals surface area contributed by atoms with Crippen molar-refractivity contribution in [1.82, 2.24) is 20.4 Å². The van der Waals surface area contributed by atoms with Crippen LogP contribution in [0.1, 0.15) is 57.1 Å². The summed E-state index contributed by atoms with van der Waals surface area (Å²) in [6, 6.07) is 6.60. The van der Waals surface area contributed by atoms with Gasteiger partial charge in [-0.15, -0.1) is 0 Å². The van der Waals surface area contributed by atoms with Gasteiger partial charge in [0.25, 0.3) is 5.91 Å². The van der Waals surface area contributed by atoms with Crippen molar-refractivity contribution >= 4 is 17.8 Å². The van der Waals surface area contributed by atoms with Crippen LogP contribution in [0.25, 0.3) is 0 Å². The molecule has 2 N–H and O–H groups in total. The summed E-state index contributed by atoms with van der Waals surface area (Å²) in [4.78, 5) is 41.9. The van der Waals surface area contributed by atoms with E-state index in [4.69, 9.17) is 4.74 Å². The van der Waals surface area contributed by atoms with Gasteiger partial charge in [0.05, 0.1) is 13.2 Å². The fourth-order valence-electron chi connectivity index (χ4n) is 5.13. The maximum absolute atomic E-state index is 13.0. The number of ether oxygens (including phenoxy) is 1. The lowest BCUT2D eigenvalue weighted by Crippen LogP contribution is -2.51. The number of likely N-dealkylation sites (tertiary alicyclic amines) is 1. The molecular weight excluding hydrogens is 396 g/mol. The van der Waals surface area contributed by atoms with Gasteiger partial charge in [-0.25, -0.2) is 9.69 Å². The van der Waals surface area contributed by atoms with Gasteiger partial charge in [0.15, 0.2) is 0 Å². The first-order chi connectivity index (χ1) is 14.9. The van der Waals surface area contributed by atoms with E-state index in [2.05, 4.69) is 15.5 Å². The molecule has 1 aromatic rings. The number of benzene rings is 1. The highest BCUT2D eigenvalue weighted by Crippen LogP contribution is 2.36. The van der Waals surface area contributed by atoms with E-state index in [1.165, 1.54) is 0 Å². The van der Waals surface area contributed by atoms with E-state index in [-0.39, 0.29) is 17.9 Å². The number of carbonyl (C=O) groups excluding carboxylic acids is 3. The molecule has 0 radical (unpaired) electrons. The minimum absolute atomic E-state index is 0.0121. The molecule has 1 saturated carbocycles. The molecule has 2 saturated heterocycles. The summed E-state index contributed by atoms with van der Waals surface area (Å²) in [6.45, 7) is 3.98. The molecule has 8 heteroatoms. The number of nitrogens with zero attached hydrogens (tertiary/aromatic N) is 2. The van der Waals surface area contributed by atoms with Crippen molar-refractivity contribution in [2.24, 2.45) is 0 Å². The maximum atomic E-state index is 13.0. The number of imide groups is 1. The van der Waals surface area contributed by atoms with Crippen LogP contribution in [0.4, 0.5) is 4.79 Å². The molecular formula is C23H32N4O4. The molecule has 4 rings (SSSR count). The minimum atomic E-state index is -0.850. The fraction of sp³-hybridized carbons (Fsp3) is 0.609. The van der Waals surface area contributed by atoms with E-state index in [1.807, 2.05) is 24.3 Å². The zero-order valence-electron chi connectivity index (χ0n) is 18.4. The van der Waals surface area contributed by atoms with Crippen LogP contribution in [0, 0.1) is 0 Å². The van der Waals surface area contributed by atoms with Gasteiger partial charge in [0, 0.05) is 6.54 Å². The molecule has 1 aromatic carbocycles. The molecule has 8 nitrogen and oxygen atoms in total. The Morgan fingerprint density at radius 1 is 1.19 bits per heavy atom. The standard InChI is InChI=1S/C23H32N4O4/c1-16(27-21(29)23(25-22(27)30)10-3-4-11-23)20(28)24-15-19(26-12-5-6-13-26)17-8-7-9-18(14-17)31-2/h7-9,14,16,19H,3-6,10-13,15H2,1-2H3,(H,24,28)(H,25,30). The quantitative estimate of drug-likeness (QED) is 0.650. The van der Waals surface area contributed by atoms with Crippen molar-refractivity contribution in [3.8, 4) is 5.75 Å². The van der Waals surface area contributed by atoms with Crippen molar-refractivity contribution in [3.05, 3.63) is 29.8 Å². The summed E-state index contributed by atoms with van der Waals surface area (Å²) < 4.78 is 5.37. The summed E-state index contributed by atoms with van der Waals surface area (Å²) in [5.74, 6) is 0.203. The summed E-state index contributed by atoms with van der Waals surface area (Å²) >= 11 is 0. The van der Waals surface area contributed by atoms with Crippen LogP contribution < -0.4 is 15.4 Å². The Morgan fingerprint density at radius 3 is 2.58 bits per heavy atom. The second-order valence-electron chi connectivity index (χ2n) is 8.85. The number of urea groups is 1. The third-order valence-electron chi connectivity index (χ3n) is 6.95. The normalized spacial score (nSPS) is 22.6. The van der Waals surface area contributed by atoms with Gasteiger partial charge in [-0.3, -0.25) is 14.5 Å². The van der Waals surface area contributed by atoms with Gasteiger partial charge in [-0.05, 0) is 63.4 Å². The zero-order chi connectivity index (χ0) is 22.0. The molecule has 2 aliphatic heterocycles. The fourth-order valence-corrected chi connectivity index (χ4v) is 5.13. The lowest BCUT2D eigenvalue weighted by Gasteiger charge is -2.29. The smallest absolute Gasteiger partial charge is 0.325 e. The van der Waals surface area contributed by atoms with Gasteiger partial charge in [0.2, 0.25) is 5.91 Å². The van der Waals surface area contributed by atoms with Gasteiger partial charge >= 0.3 is 6.03 Å². The van der Waals surface area contributed by atoms with Crippen molar-refractivity contribution < 1.29 is 19.1 Å². The second kappa shape index (κ2) is 8.86. The highest BCUT2D eigenvalue weighted by molar-refractivity contribution is 6.09. The first-order valence-corrected chi connectivity index (χ1v) is 11.3. The van der Waals surface area contributed by atoms with Crippen LogP contribution in [0.15, 0.2) is 24.3 Å². The van der Waals surface area contributed by atoms with Crippen molar-refractivity contribution in [2.45, 2.75) is 63.1 Å². The number of hydrogen-bond acceptors (Lipinski definition) is 5. The zero-order valence-corrected chi connectivity index (χ0v) is 18.4. The van der Waals surface area contributed by atoms with Crippen LogP contribution in [0.5, 0.6) is 5.75 Å². The number of rotatable bonds is 7. The Balaban J connectivity index is 1.45. The summed E-state index contributed by atoms with van der Waals surface area (Å²) in [5.41, 5.74) is 0.277. The molecule has 0 bridgehead atoms. The molecule has 2 unspecified atom stereocenters. The van der Waals surface area contributed by atoms with Crippen LogP contribution >= 0.6 is 0 Å². The first kappa shape index (κ1) is 21.6. The van der Waals surface area contributed by atoms with E-state index < -0.39 is 17.6 Å². The third kappa shape index (κ3) is 4.13. The molecule has 1 spiro atoms. The van der Waals surface area contributed by atoms with Crippen LogP contribution in [-0.2, 0) is 9.59 Å². The van der Waals surface area contributed by atoms with E-state index in [0.29, 0.717) is 19.4 Å². The first-order valence-electron chi connectivity index (χ1n) is 11.3. The van der Waals surface area contributed by atoms with Gasteiger partial charge < -0.3 is 15.4 Å². The van der Waals surface area contributed by atoms with E-state index in [0.717, 1.165) is 55.0 Å². The van der Waals surface area contributed by atoms with Crippen molar-refractivity contribution in [3.63, 3.8) is 0 Å². The second-order valence-corrected chi connectivity index (χ2v) is 8.85. The average Bonchev–Trinajstić information content (AvgIpc) is 3.51. The molecule has 31 heavy (non-hydrogen) atoms. The molecule has 3 aliphatic rings. The van der Waals surface area contributed by atoms with E-state index in [9.17, 15) is 14.4 Å². The summed E-state index contributed by atoms with van der Waals surface area (Å²) in [5, 5.41) is 5.85. The molecule has 3 fully saturated rings. The number of methoxy groups -OCH3 is 1. The molecule has 1 aliphatic carbocycles. The molecule has 168 valence electrons. The highest BCUT2D eigenvalue weighted by Gasteiger charge is 2.54. The largest absolute Gasteiger partial charge is 0.497 e. The molecule has 0 aromatic heterocycles. The Bertz CT molecular complexity index is 846. The number of hydrogen-bond donors (Lipinski definition) is 2. The third-order valence-corrected chi connectivity index (χ3v) is 6.95. The Kier molecular flexibility index (Phi) is 6.18.